The molecule has 0 bridgehead atoms. The first-order chi connectivity index (χ1) is 8.68. The van der Waals surface area contributed by atoms with Crippen LogP contribution in [0.25, 0.3) is 5.57 Å². The highest BCUT2D eigenvalue weighted by Crippen LogP contribution is 2.36. The van der Waals surface area contributed by atoms with Gasteiger partial charge in [0.25, 0.3) is 0 Å². The number of ether oxygens (including phenoxy) is 1. The highest BCUT2D eigenvalue weighted by molar-refractivity contribution is 5.75. The number of nitrogens with zero attached hydrogens (tertiary/aromatic N) is 1. The van der Waals surface area contributed by atoms with E-state index in [4.69, 9.17) is 4.74 Å². The molecule has 1 aliphatic carbocycles. The molecule has 1 aromatic rings. The van der Waals surface area contributed by atoms with Crippen LogP contribution in [0.5, 0.6) is 0 Å². The zero-order valence-corrected chi connectivity index (χ0v) is 11.4. The lowest BCUT2D eigenvalue weighted by Gasteiger charge is -2.38. The topological polar surface area (TPSA) is 12.5 Å². The largest absolute Gasteiger partial charge is 0.372 e. The number of likely N-dealkylation sites (N-methyl/N-ethyl adjacent to an activating group) is 1. The minimum atomic E-state index is -0.237. The van der Waals surface area contributed by atoms with Crippen LogP contribution in [0.3, 0.4) is 0 Å². The predicted molar refractivity (Wildman–Crippen MR) is 76.5 cm³/mol. The van der Waals surface area contributed by atoms with Gasteiger partial charge in [-0.1, -0.05) is 48.6 Å². The molecule has 0 N–H and O–H groups in total. The average Bonchev–Trinajstić information content (AvgIpc) is 2.39. The Hall–Kier alpha value is -1.38. The fraction of sp³-hybridized carbons (Fsp3) is 0.375. The van der Waals surface area contributed by atoms with Crippen LogP contribution in [0.1, 0.15) is 12.0 Å². The molecule has 0 fully saturated rings. The smallest absolute Gasteiger partial charge is 0.109 e. The van der Waals surface area contributed by atoms with Gasteiger partial charge < -0.3 is 9.64 Å². The molecule has 1 unspecified atom stereocenters. The van der Waals surface area contributed by atoms with Gasteiger partial charge in [0.05, 0.1) is 0 Å². The zero-order valence-electron chi connectivity index (χ0n) is 11.4. The van der Waals surface area contributed by atoms with Crippen molar-refractivity contribution in [2.24, 2.45) is 0 Å². The Morgan fingerprint density at radius 2 is 1.94 bits per heavy atom. The lowest BCUT2D eigenvalue weighted by molar-refractivity contribution is 0.0222. The van der Waals surface area contributed by atoms with E-state index in [0.29, 0.717) is 0 Å². The summed E-state index contributed by atoms with van der Waals surface area (Å²) >= 11 is 0. The average molecular weight is 243 g/mol. The summed E-state index contributed by atoms with van der Waals surface area (Å²) in [5.41, 5.74) is 2.27. The fourth-order valence-electron chi connectivity index (χ4n) is 2.58. The van der Waals surface area contributed by atoms with Gasteiger partial charge >= 0.3 is 0 Å². The first-order valence-corrected chi connectivity index (χ1v) is 6.30. The molecule has 0 spiro atoms. The molecule has 2 heteroatoms. The van der Waals surface area contributed by atoms with Crippen molar-refractivity contribution in [3.63, 3.8) is 0 Å². The van der Waals surface area contributed by atoms with Gasteiger partial charge in [-0.3, -0.25) is 0 Å². The highest BCUT2D eigenvalue weighted by atomic mass is 16.5. The van der Waals surface area contributed by atoms with E-state index in [2.05, 4.69) is 61.5 Å². The first kappa shape index (κ1) is 13.1. The number of hydrogen-bond donors (Lipinski definition) is 0. The molecule has 1 aromatic carbocycles. The minimum absolute atomic E-state index is 0.237. The Morgan fingerprint density at radius 3 is 2.56 bits per heavy atom. The lowest BCUT2D eigenvalue weighted by Crippen LogP contribution is -2.43. The molecule has 0 aliphatic heterocycles. The molecule has 0 aromatic heterocycles. The maximum absolute atomic E-state index is 5.90. The SMILES string of the molecule is COC1(CN(C)C)CC=CC=C1c1ccccc1. The Bertz CT molecular complexity index is 447. The summed E-state index contributed by atoms with van der Waals surface area (Å²) < 4.78 is 5.90. The summed E-state index contributed by atoms with van der Waals surface area (Å²) in [6, 6.07) is 10.5. The lowest BCUT2D eigenvalue weighted by atomic mass is 9.82. The van der Waals surface area contributed by atoms with Gasteiger partial charge in [0.1, 0.15) is 5.60 Å². The van der Waals surface area contributed by atoms with Crippen LogP contribution >= 0.6 is 0 Å². The van der Waals surface area contributed by atoms with Gasteiger partial charge in [-0.25, -0.2) is 0 Å². The third-order valence-electron chi connectivity index (χ3n) is 3.38. The summed E-state index contributed by atoms with van der Waals surface area (Å²) in [6.45, 7) is 0.883. The Balaban J connectivity index is 2.40. The molecule has 0 saturated heterocycles. The molecule has 0 amide bonds. The van der Waals surface area contributed by atoms with Crippen LogP contribution in [-0.4, -0.2) is 38.3 Å². The van der Waals surface area contributed by atoms with E-state index in [1.54, 1.807) is 7.11 Å². The van der Waals surface area contributed by atoms with Crippen molar-refractivity contribution in [1.29, 1.82) is 0 Å². The molecule has 2 nitrogen and oxygen atoms in total. The second kappa shape index (κ2) is 5.51. The van der Waals surface area contributed by atoms with Crippen molar-refractivity contribution in [1.82, 2.24) is 4.90 Å². The van der Waals surface area contributed by atoms with Crippen LogP contribution in [0.15, 0.2) is 48.6 Å². The molecule has 1 aliphatic rings. The maximum Gasteiger partial charge on any atom is 0.109 e. The van der Waals surface area contributed by atoms with Gasteiger partial charge in [-0.2, -0.15) is 0 Å². The molecule has 0 heterocycles. The first-order valence-electron chi connectivity index (χ1n) is 6.30. The third kappa shape index (κ3) is 2.55. The van der Waals surface area contributed by atoms with E-state index < -0.39 is 0 Å². The van der Waals surface area contributed by atoms with E-state index in [-0.39, 0.29) is 5.60 Å². The molecular formula is C16H21NO. The zero-order chi connectivity index (χ0) is 13.0. The fourth-order valence-corrected chi connectivity index (χ4v) is 2.58. The summed E-state index contributed by atoms with van der Waals surface area (Å²) in [5, 5.41) is 0. The summed E-state index contributed by atoms with van der Waals surface area (Å²) in [5.74, 6) is 0. The molecular weight excluding hydrogens is 222 g/mol. The van der Waals surface area contributed by atoms with Gasteiger partial charge in [0.2, 0.25) is 0 Å². The van der Waals surface area contributed by atoms with Crippen LogP contribution in [-0.2, 0) is 4.74 Å². The Labute approximate surface area is 110 Å². The van der Waals surface area contributed by atoms with E-state index in [9.17, 15) is 0 Å². The van der Waals surface area contributed by atoms with Crippen molar-refractivity contribution in [3.8, 4) is 0 Å². The number of hydrogen-bond acceptors (Lipinski definition) is 2. The van der Waals surface area contributed by atoms with Gasteiger partial charge in [-0.15, -0.1) is 0 Å². The molecule has 0 saturated carbocycles. The number of methoxy groups -OCH3 is 1. The molecule has 1 atom stereocenters. The van der Waals surface area contributed by atoms with Gasteiger partial charge in [0, 0.05) is 20.1 Å². The van der Waals surface area contributed by atoms with Crippen LogP contribution in [0.4, 0.5) is 0 Å². The van der Waals surface area contributed by atoms with E-state index in [1.165, 1.54) is 11.1 Å². The van der Waals surface area contributed by atoms with Crippen molar-refractivity contribution >= 4 is 5.57 Å². The number of benzene rings is 1. The summed E-state index contributed by atoms with van der Waals surface area (Å²) in [4.78, 5) is 2.18. The predicted octanol–water partition coefficient (Wildman–Crippen LogP) is 2.98. The third-order valence-corrected chi connectivity index (χ3v) is 3.38. The Morgan fingerprint density at radius 1 is 1.22 bits per heavy atom. The van der Waals surface area contributed by atoms with Crippen LogP contribution < -0.4 is 0 Å². The van der Waals surface area contributed by atoms with Crippen molar-refractivity contribution < 1.29 is 4.74 Å². The second-order valence-electron chi connectivity index (χ2n) is 5.01. The van der Waals surface area contributed by atoms with Gasteiger partial charge in [-0.05, 0) is 25.2 Å². The monoisotopic (exact) mass is 243 g/mol. The number of allylic oxidation sites excluding steroid dienone is 2. The minimum Gasteiger partial charge on any atom is -0.372 e. The Kier molecular flexibility index (Phi) is 4.00. The van der Waals surface area contributed by atoms with Crippen LogP contribution in [0, 0.1) is 0 Å². The molecule has 18 heavy (non-hydrogen) atoms. The standard InChI is InChI=1S/C16H21NO/c1-17(2)13-16(18-3)12-8-7-11-15(16)14-9-5-4-6-10-14/h4-11H,12-13H2,1-3H3. The van der Waals surface area contributed by atoms with E-state index >= 15 is 0 Å². The maximum atomic E-state index is 5.90. The molecule has 96 valence electrons. The van der Waals surface area contributed by atoms with Gasteiger partial charge in [0.15, 0.2) is 0 Å². The van der Waals surface area contributed by atoms with Crippen LogP contribution in [0.2, 0.25) is 0 Å². The number of rotatable bonds is 4. The van der Waals surface area contributed by atoms with E-state index in [1.807, 2.05) is 6.07 Å². The van der Waals surface area contributed by atoms with E-state index in [0.717, 1.165) is 13.0 Å². The highest BCUT2D eigenvalue weighted by Gasteiger charge is 2.35. The normalized spacial score (nSPS) is 23.2. The van der Waals surface area contributed by atoms with Crippen molar-refractivity contribution in [2.75, 3.05) is 27.7 Å². The summed E-state index contributed by atoms with van der Waals surface area (Å²) in [7, 11) is 5.98. The quantitative estimate of drug-likeness (QED) is 0.806. The van der Waals surface area contributed by atoms with Crippen molar-refractivity contribution in [2.45, 2.75) is 12.0 Å². The second-order valence-corrected chi connectivity index (χ2v) is 5.01. The van der Waals surface area contributed by atoms with Crippen molar-refractivity contribution in [3.05, 3.63) is 54.1 Å². The summed E-state index contributed by atoms with van der Waals surface area (Å²) in [6.07, 6.45) is 7.39. The molecule has 0 radical (unpaired) electrons. The molecule has 2 rings (SSSR count).